The van der Waals surface area contributed by atoms with Crippen molar-refractivity contribution in [3.05, 3.63) is 169 Å². The zero-order chi connectivity index (χ0) is 40.6. The molecule has 3 aromatic heterocycles. The predicted octanol–water partition coefficient (Wildman–Crippen LogP) is 14.2. The molecule has 7 aromatic carbocycles. The van der Waals surface area contributed by atoms with Crippen molar-refractivity contribution in [3.8, 4) is 56.3 Å². The molecule has 3 heterocycles. The second kappa shape index (κ2) is 14.8. The summed E-state index contributed by atoms with van der Waals surface area (Å²) < 4.78 is 8.69. The van der Waals surface area contributed by atoms with Crippen molar-refractivity contribution in [2.45, 2.75) is 52.4 Å². The summed E-state index contributed by atoms with van der Waals surface area (Å²) in [7, 11) is 0. The van der Waals surface area contributed by atoms with Crippen molar-refractivity contribution in [1.29, 1.82) is 0 Å². The molecule has 5 nitrogen and oxygen atoms in total. The molecular formula is C54H44N3O2Pt-. The number of fused-ring (bicyclic) bond motifs is 6. The number of para-hydroxylation sites is 2. The molecule has 0 spiro atoms. The van der Waals surface area contributed by atoms with E-state index in [4.69, 9.17) is 14.4 Å². The average Bonchev–Trinajstić information content (AvgIpc) is 3.82. The zero-order valence-electron chi connectivity index (χ0n) is 34.4. The third-order valence-electron chi connectivity index (χ3n) is 11.6. The fourth-order valence-corrected chi connectivity index (χ4v) is 8.41. The SMILES string of the molecule is CC(C)(C)c1cc(-c2cccc3c2nc(-c2ccccc2O)n3-c2ccc(C(C)(C)C)cc2-c2ccccc2)[c-]c(-c2nccc3oc4ccc5ccccc5c4c23)c1.[Pt]. The molecule has 0 saturated heterocycles. The van der Waals surface area contributed by atoms with Crippen molar-refractivity contribution >= 4 is 43.7 Å². The first-order valence-corrected chi connectivity index (χ1v) is 20.2. The Balaban J connectivity index is 0.00000462. The maximum absolute atomic E-state index is 11.4. The van der Waals surface area contributed by atoms with Gasteiger partial charge in [0, 0.05) is 49.3 Å². The van der Waals surface area contributed by atoms with Gasteiger partial charge in [-0.05, 0) is 75.2 Å². The van der Waals surface area contributed by atoms with Crippen molar-refractivity contribution in [2.24, 2.45) is 0 Å². The molecule has 1 N–H and O–H groups in total. The topological polar surface area (TPSA) is 64.1 Å². The third kappa shape index (κ3) is 6.62. The molecule has 10 aromatic rings. The number of imidazole rings is 1. The van der Waals surface area contributed by atoms with Gasteiger partial charge in [-0.15, -0.1) is 29.3 Å². The summed E-state index contributed by atoms with van der Waals surface area (Å²) in [6, 6.07) is 53.9. The van der Waals surface area contributed by atoms with E-state index in [1.807, 2.05) is 36.5 Å². The molecule has 0 saturated carbocycles. The van der Waals surface area contributed by atoms with Gasteiger partial charge in [0.1, 0.15) is 22.7 Å². The van der Waals surface area contributed by atoms with Crippen LogP contribution in [-0.2, 0) is 31.9 Å². The number of furan rings is 1. The van der Waals surface area contributed by atoms with Gasteiger partial charge in [-0.1, -0.05) is 144 Å². The summed E-state index contributed by atoms with van der Waals surface area (Å²) in [6.45, 7) is 13.4. The van der Waals surface area contributed by atoms with Crippen LogP contribution in [0.1, 0.15) is 52.7 Å². The minimum atomic E-state index is -0.189. The first-order valence-electron chi connectivity index (χ1n) is 20.2. The van der Waals surface area contributed by atoms with Crippen molar-refractivity contribution < 1.29 is 30.6 Å². The number of rotatable bonds is 5. The van der Waals surface area contributed by atoms with Crippen molar-refractivity contribution in [1.82, 2.24) is 14.5 Å². The molecule has 0 radical (unpaired) electrons. The second-order valence-electron chi connectivity index (χ2n) is 17.6. The summed E-state index contributed by atoms with van der Waals surface area (Å²) in [5, 5.41) is 15.7. The van der Waals surface area contributed by atoms with E-state index in [-0.39, 0.29) is 37.6 Å². The molecule has 0 aliphatic carbocycles. The van der Waals surface area contributed by atoms with E-state index in [1.165, 1.54) is 5.56 Å². The Morgan fingerprint density at radius 3 is 2.08 bits per heavy atom. The quantitative estimate of drug-likeness (QED) is 0.175. The Bertz CT molecular complexity index is 3250. The maximum atomic E-state index is 11.4. The van der Waals surface area contributed by atoms with Gasteiger partial charge < -0.3 is 9.52 Å². The summed E-state index contributed by atoms with van der Waals surface area (Å²) in [5.74, 6) is 0.822. The van der Waals surface area contributed by atoms with Gasteiger partial charge in [0.15, 0.2) is 0 Å². The Morgan fingerprint density at radius 1 is 0.600 bits per heavy atom. The summed E-state index contributed by atoms with van der Waals surface area (Å²) in [5.41, 5.74) is 12.9. The van der Waals surface area contributed by atoms with E-state index in [0.29, 0.717) is 11.4 Å². The van der Waals surface area contributed by atoms with Crippen LogP contribution < -0.4 is 0 Å². The molecule has 0 aliphatic heterocycles. The van der Waals surface area contributed by atoms with Gasteiger partial charge >= 0.3 is 0 Å². The number of aromatic nitrogens is 3. The predicted molar refractivity (Wildman–Crippen MR) is 243 cm³/mol. The molecule has 0 atom stereocenters. The zero-order valence-corrected chi connectivity index (χ0v) is 36.7. The van der Waals surface area contributed by atoms with E-state index in [9.17, 15) is 5.11 Å². The van der Waals surface area contributed by atoms with E-state index < -0.39 is 0 Å². The number of hydrogen-bond donors (Lipinski definition) is 1. The van der Waals surface area contributed by atoms with Crippen molar-refractivity contribution in [2.75, 3.05) is 0 Å². The van der Waals surface area contributed by atoms with Gasteiger partial charge in [0.25, 0.3) is 0 Å². The molecule has 0 fully saturated rings. The molecule has 60 heavy (non-hydrogen) atoms. The number of phenolic OH excluding ortho intramolecular Hbond substituents is 1. The standard InChI is InChI=1S/C54H44N3O2.Pt/c1-53(2,3)37-24-25-43(42(32-37)33-15-8-7-9-16-33)57-44-21-14-20-40(51(44)56-52(57)41-19-12-13-22-45(41)58)35-29-36(31-38(30-35)54(4,5)6)50-49-47(27-28-55-50)59-46-26-23-34-17-10-11-18-39(34)48(46)49;/h7-28,30-32,58H,1-6H3;/q-1;. The van der Waals surface area contributed by atoms with Gasteiger partial charge in [-0.3, -0.25) is 9.55 Å². The summed E-state index contributed by atoms with van der Waals surface area (Å²) in [4.78, 5) is 10.5. The van der Waals surface area contributed by atoms with Gasteiger partial charge in [-0.2, -0.15) is 0 Å². The number of benzene rings is 7. The normalized spacial score (nSPS) is 12.1. The molecule has 0 aliphatic rings. The van der Waals surface area contributed by atoms with Crippen LogP contribution in [0.15, 0.2) is 156 Å². The number of phenols is 1. The van der Waals surface area contributed by atoms with Crippen LogP contribution in [-0.4, -0.2) is 19.6 Å². The van der Waals surface area contributed by atoms with Crippen LogP contribution >= 0.6 is 0 Å². The Labute approximate surface area is 364 Å². The van der Waals surface area contributed by atoms with Crippen molar-refractivity contribution in [3.63, 3.8) is 0 Å². The first-order chi connectivity index (χ1) is 28.4. The maximum Gasteiger partial charge on any atom is 0.148 e. The molecule has 0 amide bonds. The smallest absolute Gasteiger partial charge is 0.148 e. The van der Waals surface area contributed by atoms with Crippen LogP contribution in [0, 0.1) is 6.07 Å². The fourth-order valence-electron chi connectivity index (χ4n) is 8.41. The van der Waals surface area contributed by atoms with Gasteiger partial charge in [0.2, 0.25) is 0 Å². The Kier molecular flexibility index (Phi) is 9.64. The number of pyridine rings is 1. The Morgan fingerprint density at radius 2 is 1.30 bits per heavy atom. The largest absolute Gasteiger partial charge is 0.507 e. The number of hydrogen-bond acceptors (Lipinski definition) is 4. The average molecular weight is 962 g/mol. The number of nitrogens with zero attached hydrogens (tertiary/aromatic N) is 3. The van der Waals surface area contributed by atoms with E-state index >= 15 is 0 Å². The van der Waals surface area contributed by atoms with E-state index in [0.717, 1.165) is 88.5 Å². The monoisotopic (exact) mass is 961 g/mol. The molecule has 10 rings (SSSR count). The first kappa shape index (κ1) is 39.2. The molecular weight excluding hydrogens is 918 g/mol. The second-order valence-corrected chi connectivity index (χ2v) is 17.6. The van der Waals surface area contributed by atoms with Gasteiger partial charge in [-0.25, -0.2) is 4.98 Å². The van der Waals surface area contributed by atoms with E-state index in [1.54, 1.807) is 6.07 Å². The van der Waals surface area contributed by atoms with Crippen LogP contribution in [0.2, 0.25) is 0 Å². The molecule has 6 heteroatoms. The fraction of sp³-hybridized carbons (Fsp3) is 0.148. The van der Waals surface area contributed by atoms with Crippen LogP contribution in [0.3, 0.4) is 0 Å². The molecule has 0 unspecified atom stereocenters. The third-order valence-corrected chi connectivity index (χ3v) is 11.6. The molecule has 298 valence electrons. The van der Waals surface area contributed by atoms with E-state index in [2.05, 4.69) is 161 Å². The minimum absolute atomic E-state index is 0. The number of aromatic hydroxyl groups is 1. The van der Waals surface area contributed by atoms with Crippen LogP contribution in [0.5, 0.6) is 5.75 Å². The van der Waals surface area contributed by atoms with Crippen LogP contribution in [0.4, 0.5) is 0 Å². The van der Waals surface area contributed by atoms with Gasteiger partial charge in [0.05, 0.1) is 22.3 Å². The van der Waals surface area contributed by atoms with Crippen LogP contribution in [0.25, 0.3) is 94.3 Å². The Hall–Kier alpha value is -6.29. The summed E-state index contributed by atoms with van der Waals surface area (Å²) >= 11 is 0. The summed E-state index contributed by atoms with van der Waals surface area (Å²) in [6.07, 6.45) is 1.83. The minimum Gasteiger partial charge on any atom is -0.507 e. The molecule has 0 bridgehead atoms.